The van der Waals surface area contributed by atoms with E-state index in [-0.39, 0.29) is 52.4 Å². The van der Waals surface area contributed by atoms with Gasteiger partial charge in [-0.15, -0.1) is 0 Å². The fourth-order valence-corrected chi connectivity index (χ4v) is 5.92. The largest absolute Gasteiger partial charge is 0.508 e. The molecule has 0 radical (unpaired) electrons. The maximum absolute atomic E-state index is 13.2. The van der Waals surface area contributed by atoms with Crippen LogP contribution in [0.15, 0.2) is 92.9 Å². The Morgan fingerprint density at radius 2 is 1.02 bits per heavy atom. The highest BCUT2D eigenvalue weighted by atomic mass is 16.3. The van der Waals surface area contributed by atoms with E-state index in [2.05, 4.69) is 65.8 Å². The summed E-state index contributed by atoms with van der Waals surface area (Å²) >= 11 is 0. The zero-order chi connectivity index (χ0) is 36.8. The molecule has 0 saturated carbocycles. The molecule has 266 valence electrons. The molecule has 1 aromatic carbocycles. The van der Waals surface area contributed by atoms with Crippen LogP contribution in [0.25, 0.3) is 5.57 Å². The smallest absolute Gasteiger partial charge is 0.233 e. The summed E-state index contributed by atoms with van der Waals surface area (Å²) in [6.07, 6.45) is 20.8. The number of aryl methyl sites for hydroxylation is 1. The minimum atomic E-state index is -0.728. The molecule has 0 unspecified atom stereocenters. The van der Waals surface area contributed by atoms with Crippen LogP contribution in [0.3, 0.4) is 0 Å². The summed E-state index contributed by atoms with van der Waals surface area (Å²) in [5, 5.41) is 33.8. The monoisotopic (exact) mass is 668 g/mol. The van der Waals surface area contributed by atoms with Crippen molar-refractivity contribution in [2.45, 2.75) is 133 Å². The van der Waals surface area contributed by atoms with Gasteiger partial charge >= 0.3 is 0 Å². The minimum Gasteiger partial charge on any atom is -0.508 e. The Balaban J connectivity index is 2.29. The number of benzene rings is 1. The number of ketones is 2. The van der Waals surface area contributed by atoms with Crippen molar-refractivity contribution >= 4 is 17.1 Å². The highest BCUT2D eigenvalue weighted by Crippen LogP contribution is 2.44. The van der Waals surface area contributed by atoms with E-state index in [0.29, 0.717) is 11.1 Å². The molecular weight excluding hydrogens is 608 g/mol. The molecule has 0 bridgehead atoms. The van der Waals surface area contributed by atoms with E-state index in [1.807, 2.05) is 26.0 Å². The standard InChI is InChI=1S/C44H60O5/c1-28(2)15-11-17-30(5)19-13-21-32(7)23-25-36-38(45)27-34(9)39(42(36)47)40-35(10)41(46)44(49)37(43(40)48)26-24-33(8)22-14-20-31(6)18-12-16-29(3)4/h15-16,19-20,23-24,27,45,47-48H,11-14,17-18,21-22,25-26H2,1-10H3. The van der Waals surface area contributed by atoms with E-state index in [0.717, 1.165) is 62.5 Å². The lowest BCUT2D eigenvalue weighted by molar-refractivity contribution is -0.132. The molecule has 0 aliphatic heterocycles. The number of aliphatic hydroxyl groups is 1. The Labute approximate surface area is 295 Å². The molecule has 0 heterocycles. The molecule has 0 aromatic heterocycles. The maximum atomic E-state index is 13.2. The van der Waals surface area contributed by atoms with E-state index in [4.69, 9.17) is 0 Å². The van der Waals surface area contributed by atoms with Crippen LogP contribution in [-0.2, 0) is 16.0 Å². The molecule has 0 fully saturated rings. The van der Waals surface area contributed by atoms with Crippen LogP contribution in [0, 0.1) is 6.92 Å². The van der Waals surface area contributed by atoms with Crippen molar-refractivity contribution in [3.05, 3.63) is 110 Å². The number of hydrogen-bond acceptors (Lipinski definition) is 5. The lowest BCUT2D eigenvalue weighted by Crippen LogP contribution is -2.25. The van der Waals surface area contributed by atoms with Crippen molar-refractivity contribution in [3.8, 4) is 11.5 Å². The van der Waals surface area contributed by atoms with Gasteiger partial charge in [0.15, 0.2) is 0 Å². The first kappa shape index (κ1) is 41.1. The Kier molecular flexibility index (Phi) is 16.6. The van der Waals surface area contributed by atoms with Crippen molar-refractivity contribution in [3.63, 3.8) is 0 Å². The fraction of sp³-hybridized carbons (Fsp3) is 0.455. The van der Waals surface area contributed by atoms with Crippen LogP contribution in [0.4, 0.5) is 0 Å². The predicted molar refractivity (Wildman–Crippen MR) is 206 cm³/mol. The Bertz CT molecular complexity index is 1640. The number of phenols is 2. The lowest BCUT2D eigenvalue weighted by atomic mass is 9.82. The molecule has 1 aliphatic rings. The second kappa shape index (κ2) is 19.8. The number of hydrogen-bond donors (Lipinski definition) is 3. The lowest BCUT2D eigenvalue weighted by Gasteiger charge is -2.23. The van der Waals surface area contributed by atoms with Gasteiger partial charge in [-0.2, -0.15) is 0 Å². The van der Waals surface area contributed by atoms with Crippen molar-refractivity contribution in [2.24, 2.45) is 0 Å². The van der Waals surface area contributed by atoms with Gasteiger partial charge in [0.05, 0.1) is 0 Å². The van der Waals surface area contributed by atoms with Gasteiger partial charge in [-0.05, 0) is 145 Å². The van der Waals surface area contributed by atoms with Gasteiger partial charge < -0.3 is 15.3 Å². The van der Waals surface area contributed by atoms with Crippen LogP contribution in [-0.4, -0.2) is 26.9 Å². The number of Topliss-reactive ketones (excluding diaryl/α,β-unsaturated/α-hetero) is 2. The van der Waals surface area contributed by atoms with Crippen molar-refractivity contribution < 1.29 is 24.9 Å². The Hall–Kier alpha value is -4.12. The van der Waals surface area contributed by atoms with Crippen molar-refractivity contribution in [2.75, 3.05) is 0 Å². The van der Waals surface area contributed by atoms with Gasteiger partial charge in [-0.1, -0.05) is 69.9 Å². The van der Waals surface area contributed by atoms with E-state index < -0.39 is 11.6 Å². The third kappa shape index (κ3) is 12.7. The number of carbonyl (C=O) groups is 2. The van der Waals surface area contributed by atoms with E-state index in [9.17, 15) is 24.9 Å². The maximum Gasteiger partial charge on any atom is 0.233 e. The second-order valence-electron chi connectivity index (χ2n) is 14.2. The van der Waals surface area contributed by atoms with Crippen LogP contribution in [0.1, 0.15) is 137 Å². The van der Waals surface area contributed by atoms with Gasteiger partial charge in [0, 0.05) is 27.8 Å². The summed E-state index contributed by atoms with van der Waals surface area (Å²) in [4.78, 5) is 26.3. The molecule has 2 rings (SSSR count). The molecule has 49 heavy (non-hydrogen) atoms. The average Bonchev–Trinajstić information content (AvgIpc) is 3.01. The zero-order valence-corrected chi connectivity index (χ0v) is 31.8. The molecule has 0 amide bonds. The fourth-order valence-electron chi connectivity index (χ4n) is 5.92. The van der Waals surface area contributed by atoms with Gasteiger partial charge in [-0.3, -0.25) is 9.59 Å². The summed E-state index contributed by atoms with van der Waals surface area (Å²) < 4.78 is 0. The first-order valence-electron chi connectivity index (χ1n) is 17.7. The molecule has 0 spiro atoms. The third-order valence-corrected chi connectivity index (χ3v) is 9.10. The van der Waals surface area contributed by atoms with Crippen molar-refractivity contribution in [1.82, 2.24) is 0 Å². The van der Waals surface area contributed by atoms with Crippen LogP contribution in [0.2, 0.25) is 0 Å². The van der Waals surface area contributed by atoms with Gasteiger partial charge in [-0.25, -0.2) is 0 Å². The number of aromatic hydroxyl groups is 2. The van der Waals surface area contributed by atoms with E-state index in [1.165, 1.54) is 29.2 Å². The predicted octanol–water partition coefficient (Wildman–Crippen LogP) is 11.9. The number of aliphatic hydroxyl groups excluding tert-OH is 1. The summed E-state index contributed by atoms with van der Waals surface area (Å²) in [6, 6.07) is 1.54. The van der Waals surface area contributed by atoms with E-state index >= 15 is 0 Å². The number of carbonyl (C=O) groups excluding carboxylic acids is 2. The second-order valence-corrected chi connectivity index (χ2v) is 14.2. The average molecular weight is 669 g/mol. The number of phenolic OH excluding ortho intramolecular Hbond substituents is 2. The normalized spacial score (nSPS) is 15.0. The van der Waals surface area contributed by atoms with Gasteiger partial charge in [0.2, 0.25) is 11.6 Å². The summed E-state index contributed by atoms with van der Waals surface area (Å²) in [5.74, 6) is -1.98. The topological polar surface area (TPSA) is 94.8 Å². The van der Waals surface area contributed by atoms with Crippen molar-refractivity contribution in [1.29, 1.82) is 0 Å². The molecule has 1 aliphatic carbocycles. The SMILES string of the molecule is CC(C)=CCCC(C)=CCCC(C)=CCC1=C(O)C(c2c(C)cc(O)c(CC=C(C)CCC=C(C)CCC=C(C)C)c2O)=C(C)C(=O)C1=O. The van der Waals surface area contributed by atoms with Crippen LogP contribution >= 0.6 is 0 Å². The van der Waals surface area contributed by atoms with E-state index in [1.54, 1.807) is 13.0 Å². The molecule has 3 N–H and O–H groups in total. The summed E-state index contributed by atoms with van der Waals surface area (Å²) in [7, 11) is 0. The van der Waals surface area contributed by atoms with Gasteiger partial charge in [0.25, 0.3) is 0 Å². The first-order chi connectivity index (χ1) is 23.0. The van der Waals surface area contributed by atoms with Gasteiger partial charge in [0.1, 0.15) is 17.3 Å². The van der Waals surface area contributed by atoms with Crippen LogP contribution in [0.5, 0.6) is 11.5 Å². The summed E-state index contributed by atoms with van der Waals surface area (Å²) in [6.45, 7) is 20.0. The highest BCUT2D eigenvalue weighted by molar-refractivity contribution is 6.52. The zero-order valence-electron chi connectivity index (χ0n) is 31.8. The molecular formula is C44H60O5. The molecule has 1 aromatic rings. The number of allylic oxidation sites excluding steroid dienone is 15. The Morgan fingerprint density at radius 1 is 0.592 bits per heavy atom. The molecule has 5 heteroatoms. The highest BCUT2D eigenvalue weighted by Gasteiger charge is 2.35. The third-order valence-electron chi connectivity index (χ3n) is 9.10. The van der Waals surface area contributed by atoms with Crippen LogP contribution < -0.4 is 0 Å². The quantitative estimate of drug-likeness (QED) is 0.0872. The molecule has 0 saturated heterocycles. The molecule has 5 nitrogen and oxygen atoms in total. The summed E-state index contributed by atoms with van der Waals surface area (Å²) in [5.41, 5.74) is 8.85. The minimum absolute atomic E-state index is 0.0201. The molecule has 0 atom stereocenters. The first-order valence-corrected chi connectivity index (χ1v) is 17.7. The number of rotatable bonds is 17. The Morgan fingerprint density at radius 3 is 1.49 bits per heavy atom.